The van der Waals surface area contributed by atoms with Crippen LogP contribution < -0.4 is 4.90 Å². The van der Waals surface area contributed by atoms with Crippen LogP contribution in [0.3, 0.4) is 0 Å². The number of aryl methyl sites for hydroxylation is 1. The largest absolute Gasteiger partial charge is 0.477 e. The van der Waals surface area contributed by atoms with Gasteiger partial charge in [-0.3, -0.25) is 0 Å². The third kappa shape index (κ3) is 3.26. The van der Waals surface area contributed by atoms with Crippen LogP contribution in [0, 0.1) is 5.92 Å². The minimum absolute atomic E-state index is 0.410. The predicted molar refractivity (Wildman–Crippen MR) is 78.3 cm³/mol. The Hall–Kier alpha value is -1.10. The fourth-order valence-electron chi connectivity index (χ4n) is 2.70. The zero-order chi connectivity index (χ0) is 13.8. The minimum atomic E-state index is -0.846. The Bertz CT molecular complexity index is 437. The number of hydrogen-bond donors (Lipinski definition) is 1. The quantitative estimate of drug-likeness (QED) is 0.899. The molecule has 1 fully saturated rings. The van der Waals surface area contributed by atoms with Crippen molar-refractivity contribution in [3.63, 3.8) is 0 Å². The molecule has 1 aromatic heterocycles. The summed E-state index contributed by atoms with van der Waals surface area (Å²) in [5, 5.41) is 10.1. The Kier molecular flexibility index (Phi) is 4.80. The highest BCUT2D eigenvalue weighted by Crippen LogP contribution is 2.31. The van der Waals surface area contributed by atoms with Crippen LogP contribution in [0.15, 0.2) is 0 Å². The van der Waals surface area contributed by atoms with Gasteiger partial charge in [0.05, 0.1) is 5.69 Å². The molecule has 1 aromatic rings. The van der Waals surface area contributed by atoms with Crippen LogP contribution in [-0.4, -0.2) is 29.1 Å². The Labute approximate surface area is 118 Å². The van der Waals surface area contributed by atoms with Crippen LogP contribution in [0.1, 0.15) is 54.9 Å². The molecule has 106 valence electrons. The van der Waals surface area contributed by atoms with Gasteiger partial charge in [0, 0.05) is 13.1 Å². The van der Waals surface area contributed by atoms with Crippen molar-refractivity contribution in [1.82, 2.24) is 4.98 Å². The van der Waals surface area contributed by atoms with Gasteiger partial charge < -0.3 is 10.0 Å². The van der Waals surface area contributed by atoms with E-state index in [0.29, 0.717) is 11.3 Å². The normalized spacial score (nSPS) is 16.8. The van der Waals surface area contributed by atoms with Gasteiger partial charge in [-0.15, -0.1) is 0 Å². The van der Waals surface area contributed by atoms with E-state index in [4.69, 9.17) is 0 Å². The van der Waals surface area contributed by atoms with Crippen molar-refractivity contribution in [2.45, 2.75) is 46.0 Å². The molecule has 2 rings (SSSR count). The molecule has 0 aromatic carbocycles. The summed E-state index contributed by atoms with van der Waals surface area (Å²) in [6, 6.07) is 0. The van der Waals surface area contributed by atoms with E-state index in [-0.39, 0.29) is 0 Å². The van der Waals surface area contributed by atoms with Gasteiger partial charge in [-0.05, 0) is 25.2 Å². The van der Waals surface area contributed by atoms with Gasteiger partial charge in [-0.2, -0.15) is 0 Å². The Morgan fingerprint density at radius 3 is 2.58 bits per heavy atom. The molecule has 2 heterocycles. The average Bonchev–Trinajstić information content (AvgIpc) is 2.84. The summed E-state index contributed by atoms with van der Waals surface area (Å²) in [5.41, 5.74) is 0.725. The lowest BCUT2D eigenvalue weighted by Crippen LogP contribution is -2.33. The lowest BCUT2D eigenvalue weighted by atomic mass is 9.93. The number of aromatic nitrogens is 1. The number of rotatable bonds is 5. The summed E-state index contributed by atoms with van der Waals surface area (Å²) < 4.78 is 0. The highest BCUT2D eigenvalue weighted by atomic mass is 32.1. The van der Waals surface area contributed by atoms with Gasteiger partial charge in [0.1, 0.15) is 4.88 Å². The number of aromatic carboxylic acids is 1. The molecule has 5 heteroatoms. The molecule has 0 unspecified atom stereocenters. The number of carboxylic acids is 1. The van der Waals surface area contributed by atoms with Crippen molar-refractivity contribution in [1.29, 1.82) is 0 Å². The van der Waals surface area contributed by atoms with Crippen LogP contribution in [0.4, 0.5) is 5.13 Å². The molecule has 0 spiro atoms. The second kappa shape index (κ2) is 6.37. The van der Waals surface area contributed by atoms with Crippen LogP contribution in [0.2, 0.25) is 0 Å². The van der Waals surface area contributed by atoms with Gasteiger partial charge in [0.15, 0.2) is 5.13 Å². The van der Waals surface area contributed by atoms with Gasteiger partial charge in [-0.25, -0.2) is 9.78 Å². The summed E-state index contributed by atoms with van der Waals surface area (Å²) in [6.07, 6.45) is 5.66. The second-order valence-corrected chi connectivity index (χ2v) is 6.13. The fourth-order valence-corrected chi connectivity index (χ4v) is 3.75. The Balaban J connectivity index is 2.05. The summed E-state index contributed by atoms with van der Waals surface area (Å²) in [7, 11) is 0. The SMILES string of the molecule is CCCC1CCN(c2nc(CC)c(C(=O)O)s2)CC1. The molecule has 0 saturated carbocycles. The van der Waals surface area contributed by atoms with Gasteiger partial charge >= 0.3 is 5.97 Å². The van der Waals surface area contributed by atoms with E-state index >= 15 is 0 Å². The minimum Gasteiger partial charge on any atom is -0.477 e. The first-order valence-corrected chi connectivity index (χ1v) is 7.95. The number of hydrogen-bond acceptors (Lipinski definition) is 4. The smallest absolute Gasteiger partial charge is 0.347 e. The molecular weight excluding hydrogens is 260 g/mol. The van der Waals surface area contributed by atoms with Crippen molar-refractivity contribution in [3.8, 4) is 0 Å². The maximum Gasteiger partial charge on any atom is 0.347 e. The van der Waals surface area contributed by atoms with E-state index in [2.05, 4.69) is 16.8 Å². The molecular formula is C14H22N2O2S. The van der Waals surface area contributed by atoms with Gasteiger partial charge in [-0.1, -0.05) is 38.0 Å². The zero-order valence-corrected chi connectivity index (χ0v) is 12.5. The van der Waals surface area contributed by atoms with E-state index in [1.165, 1.54) is 37.0 Å². The first-order valence-electron chi connectivity index (χ1n) is 7.13. The maximum atomic E-state index is 11.2. The molecule has 1 saturated heterocycles. The number of piperidine rings is 1. The van der Waals surface area contributed by atoms with Crippen molar-refractivity contribution in [2.75, 3.05) is 18.0 Å². The first kappa shape index (κ1) is 14.3. The number of anilines is 1. The molecule has 4 nitrogen and oxygen atoms in total. The first-order chi connectivity index (χ1) is 9.15. The van der Waals surface area contributed by atoms with Crippen LogP contribution >= 0.6 is 11.3 Å². The number of carbonyl (C=O) groups is 1. The average molecular weight is 282 g/mol. The number of carboxylic acid groups (broad SMARTS) is 1. The summed E-state index contributed by atoms with van der Waals surface area (Å²) in [5.74, 6) is -0.00716. The second-order valence-electron chi connectivity index (χ2n) is 5.15. The Morgan fingerprint density at radius 1 is 1.42 bits per heavy atom. The number of nitrogens with zero attached hydrogens (tertiary/aromatic N) is 2. The highest BCUT2D eigenvalue weighted by molar-refractivity contribution is 7.17. The molecule has 0 atom stereocenters. The molecule has 1 N–H and O–H groups in total. The van der Waals surface area contributed by atoms with Crippen LogP contribution in [0.25, 0.3) is 0 Å². The van der Waals surface area contributed by atoms with Crippen molar-refractivity contribution >= 4 is 22.4 Å². The van der Waals surface area contributed by atoms with E-state index in [1.807, 2.05) is 6.92 Å². The van der Waals surface area contributed by atoms with Crippen LogP contribution in [0.5, 0.6) is 0 Å². The molecule has 1 aliphatic rings. The monoisotopic (exact) mass is 282 g/mol. The van der Waals surface area contributed by atoms with Crippen molar-refractivity contribution in [2.24, 2.45) is 5.92 Å². The summed E-state index contributed by atoms with van der Waals surface area (Å²) in [4.78, 5) is 18.3. The standard InChI is InChI=1S/C14H22N2O2S/c1-3-5-10-6-8-16(9-7-10)14-15-11(4-2)12(19-14)13(17)18/h10H,3-9H2,1-2H3,(H,17,18). The molecule has 19 heavy (non-hydrogen) atoms. The van der Waals surface area contributed by atoms with E-state index in [9.17, 15) is 9.90 Å². The summed E-state index contributed by atoms with van der Waals surface area (Å²) >= 11 is 1.33. The molecule has 0 radical (unpaired) electrons. The predicted octanol–water partition coefficient (Wildman–Crippen LogP) is 3.42. The van der Waals surface area contributed by atoms with Crippen molar-refractivity contribution < 1.29 is 9.90 Å². The molecule has 0 aliphatic carbocycles. The van der Waals surface area contributed by atoms with Crippen molar-refractivity contribution in [3.05, 3.63) is 10.6 Å². The zero-order valence-electron chi connectivity index (χ0n) is 11.7. The molecule has 1 aliphatic heterocycles. The third-order valence-electron chi connectivity index (χ3n) is 3.80. The molecule has 0 bridgehead atoms. The molecule has 0 amide bonds. The Morgan fingerprint density at radius 2 is 2.11 bits per heavy atom. The van der Waals surface area contributed by atoms with E-state index in [1.54, 1.807) is 0 Å². The van der Waals surface area contributed by atoms with E-state index < -0.39 is 5.97 Å². The number of thiazole rings is 1. The maximum absolute atomic E-state index is 11.2. The summed E-state index contributed by atoms with van der Waals surface area (Å²) in [6.45, 7) is 6.22. The third-order valence-corrected chi connectivity index (χ3v) is 4.94. The lowest BCUT2D eigenvalue weighted by Gasteiger charge is -2.31. The van der Waals surface area contributed by atoms with Crippen LogP contribution in [-0.2, 0) is 6.42 Å². The highest BCUT2D eigenvalue weighted by Gasteiger charge is 2.23. The lowest BCUT2D eigenvalue weighted by molar-refractivity contribution is 0.0701. The van der Waals surface area contributed by atoms with E-state index in [0.717, 1.165) is 29.8 Å². The van der Waals surface area contributed by atoms with Gasteiger partial charge in [0.2, 0.25) is 0 Å². The van der Waals surface area contributed by atoms with Gasteiger partial charge in [0.25, 0.3) is 0 Å². The topological polar surface area (TPSA) is 53.4 Å². The fraction of sp³-hybridized carbons (Fsp3) is 0.714.